The number of hydrogen-bond acceptors (Lipinski definition) is 4. The highest BCUT2D eigenvalue weighted by atomic mass is 16.5. The summed E-state index contributed by atoms with van der Waals surface area (Å²) >= 11 is 0. The third kappa shape index (κ3) is 5.34. The van der Waals surface area contributed by atoms with Gasteiger partial charge in [-0.15, -0.1) is 0 Å². The minimum Gasteiger partial charge on any atom is -0.459 e. The average molecular weight is 362 g/mol. The number of furan rings is 1. The van der Waals surface area contributed by atoms with Gasteiger partial charge in [0.1, 0.15) is 0 Å². The molecule has 1 saturated carbocycles. The fraction of sp³-hybridized carbons (Fsp3) is 0.700. The summed E-state index contributed by atoms with van der Waals surface area (Å²) in [5, 5.41) is 3.00. The Bertz CT molecular complexity index is 566. The summed E-state index contributed by atoms with van der Waals surface area (Å²) in [6.45, 7) is 2.48. The van der Waals surface area contributed by atoms with E-state index in [1.165, 1.54) is 38.4 Å². The number of ether oxygens (including phenoxy) is 1. The second-order valence-corrected chi connectivity index (χ2v) is 7.34. The third-order valence-electron chi connectivity index (χ3n) is 5.34. The molecule has 6 nitrogen and oxygen atoms in total. The van der Waals surface area contributed by atoms with Crippen molar-refractivity contribution in [1.82, 2.24) is 10.2 Å². The van der Waals surface area contributed by atoms with Crippen LogP contribution in [0, 0.1) is 5.92 Å². The molecule has 1 aliphatic heterocycles. The van der Waals surface area contributed by atoms with E-state index in [1.807, 2.05) is 0 Å². The number of rotatable bonds is 7. The van der Waals surface area contributed by atoms with Crippen LogP contribution in [-0.4, -0.2) is 49.1 Å². The van der Waals surface area contributed by atoms with Crippen LogP contribution in [-0.2, 0) is 9.53 Å². The van der Waals surface area contributed by atoms with Crippen LogP contribution >= 0.6 is 0 Å². The molecule has 1 N–H and O–H groups in total. The summed E-state index contributed by atoms with van der Waals surface area (Å²) in [6, 6.07) is 3.37. The van der Waals surface area contributed by atoms with Gasteiger partial charge in [0, 0.05) is 26.2 Å². The van der Waals surface area contributed by atoms with Crippen molar-refractivity contribution >= 4 is 11.8 Å². The van der Waals surface area contributed by atoms with E-state index in [0.29, 0.717) is 38.1 Å². The lowest BCUT2D eigenvalue weighted by Gasteiger charge is -2.31. The molecule has 144 valence electrons. The van der Waals surface area contributed by atoms with Crippen molar-refractivity contribution < 1.29 is 18.7 Å². The van der Waals surface area contributed by atoms with Crippen LogP contribution in [0.15, 0.2) is 22.8 Å². The van der Waals surface area contributed by atoms with Crippen molar-refractivity contribution in [3.05, 3.63) is 24.2 Å². The van der Waals surface area contributed by atoms with Gasteiger partial charge in [-0.2, -0.15) is 0 Å². The minimum atomic E-state index is -0.137. The molecule has 1 atom stereocenters. The number of piperidine rings is 1. The van der Waals surface area contributed by atoms with E-state index >= 15 is 0 Å². The van der Waals surface area contributed by atoms with Gasteiger partial charge in [-0.05, 0) is 44.2 Å². The molecule has 1 aliphatic carbocycles. The lowest BCUT2D eigenvalue weighted by Crippen LogP contribution is -2.45. The number of nitrogens with zero attached hydrogens (tertiary/aromatic N) is 1. The smallest absolute Gasteiger partial charge is 0.289 e. The fourth-order valence-electron chi connectivity index (χ4n) is 3.84. The highest BCUT2D eigenvalue weighted by Crippen LogP contribution is 2.21. The topological polar surface area (TPSA) is 71.8 Å². The van der Waals surface area contributed by atoms with Crippen molar-refractivity contribution in [2.24, 2.45) is 5.92 Å². The summed E-state index contributed by atoms with van der Waals surface area (Å²) in [5.74, 6) is 0.112. The molecule has 26 heavy (non-hydrogen) atoms. The lowest BCUT2D eigenvalue weighted by atomic mass is 9.97. The second-order valence-electron chi connectivity index (χ2n) is 7.34. The van der Waals surface area contributed by atoms with Crippen LogP contribution in [0.25, 0.3) is 0 Å². The molecule has 1 saturated heterocycles. The largest absolute Gasteiger partial charge is 0.459 e. The van der Waals surface area contributed by atoms with Crippen molar-refractivity contribution in [2.75, 3.05) is 26.2 Å². The van der Waals surface area contributed by atoms with Crippen molar-refractivity contribution in [3.63, 3.8) is 0 Å². The van der Waals surface area contributed by atoms with Crippen LogP contribution in [0.2, 0.25) is 0 Å². The Hall–Kier alpha value is -1.82. The number of nitrogens with one attached hydrogen (secondary N) is 1. The molecule has 0 radical (unpaired) electrons. The van der Waals surface area contributed by atoms with Gasteiger partial charge in [0.15, 0.2) is 5.76 Å². The van der Waals surface area contributed by atoms with Gasteiger partial charge in [-0.1, -0.05) is 19.3 Å². The van der Waals surface area contributed by atoms with Crippen LogP contribution < -0.4 is 5.32 Å². The molecule has 3 rings (SSSR count). The van der Waals surface area contributed by atoms with Crippen LogP contribution in [0.3, 0.4) is 0 Å². The Morgan fingerprint density at radius 1 is 1.19 bits per heavy atom. The van der Waals surface area contributed by atoms with Gasteiger partial charge >= 0.3 is 0 Å². The molecule has 2 amide bonds. The van der Waals surface area contributed by atoms with Crippen LogP contribution in [0.5, 0.6) is 0 Å². The minimum absolute atomic E-state index is 0.0413. The molecule has 1 aromatic heterocycles. The van der Waals surface area contributed by atoms with E-state index in [4.69, 9.17) is 9.15 Å². The number of likely N-dealkylation sites (tertiary alicyclic amines) is 1. The first kappa shape index (κ1) is 19.0. The molecular weight excluding hydrogens is 332 g/mol. The van der Waals surface area contributed by atoms with Gasteiger partial charge in [0.05, 0.1) is 18.3 Å². The predicted molar refractivity (Wildman–Crippen MR) is 97.8 cm³/mol. The monoisotopic (exact) mass is 362 g/mol. The average Bonchev–Trinajstić information content (AvgIpc) is 3.23. The fourth-order valence-corrected chi connectivity index (χ4v) is 3.84. The maximum absolute atomic E-state index is 12.4. The Balaban J connectivity index is 1.34. The summed E-state index contributed by atoms with van der Waals surface area (Å²) in [7, 11) is 0. The zero-order valence-corrected chi connectivity index (χ0v) is 15.5. The first-order chi connectivity index (χ1) is 12.7. The summed E-state index contributed by atoms with van der Waals surface area (Å²) < 4.78 is 11.1. The van der Waals surface area contributed by atoms with E-state index in [9.17, 15) is 9.59 Å². The zero-order chi connectivity index (χ0) is 18.2. The van der Waals surface area contributed by atoms with E-state index in [0.717, 1.165) is 19.3 Å². The molecule has 2 heterocycles. The van der Waals surface area contributed by atoms with Crippen molar-refractivity contribution in [2.45, 2.75) is 57.5 Å². The Labute approximate surface area is 155 Å². The molecule has 0 unspecified atom stereocenters. The summed E-state index contributed by atoms with van der Waals surface area (Å²) in [4.78, 5) is 26.5. The van der Waals surface area contributed by atoms with E-state index in [-0.39, 0.29) is 17.7 Å². The maximum Gasteiger partial charge on any atom is 0.289 e. The predicted octanol–water partition coefficient (Wildman–Crippen LogP) is 2.99. The SMILES string of the molecule is O=C(NCCCOC1CCCCC1)[C@H]1CCCN(C(=O)c2ccco2)C1. The highest BCUT2D eigenvalue weighted by molar-refractivity contribution is 5.92. The van der Waals surface area contributed by atoms with E-state index in [1.54, 1.807) is 17.0 Å². The number of amides is 2. The van der Waals surface area contributed by atoms with Gasteiger partial charge in [-0.3, -0.25) is 9.59 Å². The molecule has 0 bridgehead atoms. The van der Waals surface area contributed by atoms with Gasteiger partial charge < -0.3 is 19.4 Å². The number of carbonyl (C=O) groups is 2. The molecule has 2 fully saturated rings. The van der Waals surface area contributed by atoms with Gasteiger partial charge in [-0.25, -0.2) is 0 Å². The molecule has 1 aromatic rings. The second kappa shape index (κ2) is 9.76. The first-order valence-corrected chi connectivity index (χ1v) is 9.96. The number of carbonyl (C=O) groups excluding carboxylic acids is 2. The lowest BCUT2D eigenvalue weighted by molar-refractivity contribution is -0.126. The van der Waals surface area contributed by atoms with E-state index < -0.39 is 0 Å². The normalized spacial score (nSPS) is 21.5. The molecule has 0 spiro atoms. The summed E-state index contributed by atoms with van der Waals surface area (Å²) in [6.07, 6.45) is 10.6. The third-order valence-corrected chi connectivity index (χ3v) is 5.34. The van der Waals surface area contributed by atoms with Crippen molar-refractivity contribution in [1.29, 1.82) is 0 Å². The molecule has 2 aliphatic rings. The first-order valence-electron chi connectivity index (χ1n) is 9.96. The highest BCUT2D eigenvalue weighted by Gasteiger charge is 2.29. The zero-order valence-electron chi connectivity index (χ0n) is 15.5. The maximum atomic E-state index is 12.4. The quantitative estimate of drug-likeness (QED) is 0.757. The summed E-state index contributed by atoms with van der Waals surface area (Å²) in [5.41, 5.74) is 0. The van der Waals surface area contributed by atoms with Crippen molar-refractivity contribution in [3.8, 4) is 0 Å². The Morgan fingerprint density at radius 2 is 2.04 bits per heavy atom. The van der Waals surface area contributed by atoms with Gasteiger partial charge in [0.2, 0.25) is 5.91 Å². The van der Waals surface area contributed by atoms with Gasteiger partial charge in [0.25, 0.3) is 5.91 Å². The standard InChI is InChI=1S/C20H30N2O4/c23-19(21-11-6-14-25-17-8-2-1-3-9-17)16-7-4-12-22(15-16)20(24)18-10-5-13-26-18/h5,10,13,16-17H,1-4,6-9,11-12,14-15H2,(H,21,23)/t16-/m0/s1. The Kier molecular flexibility index (Phi) is 7.12. The van der Waals surface area contributed by atoms with Crippen LogP contribution in [0.1, 0.15) is 61.9 Å². The molecule has 0 aromatic carbocycles. The number of hydrogen-bond donors (Lipinski definition) is 1. The molecular formula is C20H30N2O4. The molecule has 6 heteroatoms. The Morgan fingerprint density at radius 3 is 2.81 bits per heavy atom. The van der Waals surface area contributed by atoms with E-state index in [2.05, 4.69) is 5.32 Å². The van der Waals surface area contributed by atoms with Crippen LogP contribution in [0.4, 0.5) is 0 Å².